The number of anilines is 1. The molecule has 2 amide bonds. The van der Waals surface area contributed by atoms with Gasteiger partial charge in [0.05, 0.1) is 11.4 Å². The van der Waals surface area contributed by atoms with E-state index in [4.69, 9.17) is 5.73 Å². The van der Waals surface area contributed by atoms with Gasteiger partial charge in [-0.15, -0.1) is 24.8 Å². The Hall–Kier alpha value is -3.07. The molecular formula is C26H28Cl2F2N4O2. The highest BCUT2D eigenvalue weighted by atomic mass is 35.5. The number of hydrogen-bond acceptors (Lipinski definition) is 4. The Morgan fingerprint density at radius 2 is 1.81 bits per heavy atom. The van der Waals surface area contributed by atoms with Gasteiger partial charge in [0.2, 0.25) is 11.8 Å². The minimum absolute atomic E-state index is 0. The van der Waals surface area contributed by atoms with Gasteiger partial charge in [-0.25, -0.2) is 8.78 Å². The van der Waals surface area contributed by atoms with Crippen LogP contribution in [0.25, 0.3) is 0 Å². The SMILES string of the molecule is Cl.Cl.N[C@@H](CC(=O)NC1Cc2ncccc2N(CCc2ccc(F)cc2)C1=O)Cc1ccccc1F. The molecule has 0 radical (unpaired) electrons. The smallest absolute Gasteiger partial charge is 0.250 e. The highest BCUT2D eigenvalue weighted by molar-refractivity contribution is 6.01. The average molecular weight is 537 g/mol. The normalized spacial score (nSPS) is 15.2. The average Bonchev–Trinajstić information content (AvgIpc) is 2.81. The van der Waals surface area contributed by atoms with Gasteiger partial charge >= 0.3 is 0 Å². The fraction of sp³-hybridized carbons (Fsp3) is 0.269. The van der Waals surface area contributed by atoms with Gasteiger partial charge in [0.25, 0.3) is 0 Å². The van der Waals surface area contributed by atoms with Crippen molar-refractivity contribution in [2.24, 2.45) is 5.73 Å². The van der Waals surface area contributed by atoms with E-state index < -0.39 is 12.1 Å². The zero-order valence-electron chi connectivity index (χ0n) is 19.4. The molecule has 4 rings (SSSR count). The van der Waals surface area contributed by atoms with Crippen molar-refractivity contribution < 1.29 is 18.4 Å². The predicted molar refractivity (Wildman–Crippen MR) is 140 cm³/mol. The molecule has 1 aliphatic heterocycles. The van der Waals surface area contributed by atoms with E-state index in [9.17, 15) is 18.4 Å². The van der Waals surface area contributed by atoms with E-state index in [0.717, 1.165) is 5.56 Å². The van der Waals surface area contributed by atoms with Gasteiger partial charge in [-0.1, -0.05) is 30.3 Å². The fourth-order valence-electron chi connectivity index (χ4n) is 4.17. The molecule has 2 aromatic carbocycles. The molecule has 0 saturated carbocycles. The van der Waals surface area contributed by atoms with E-state index in [1.54, 1.807) is 47.5 Å². The highest BCUT2D eigenvalue weighted by Gasteiger charge is 2.34. The maximum Gasteiger partial charge on any atom is 0.250 e. The second kappa shape index (κ2) is 13.3. The predicted octanol–water partition coefficient (Wildman–Crippen LogP) is 3.78. The lowest BCUT2D eigenvalue weighted by atomic mass is 9.99. The maximum absolute atomic E-state index is 13.9. The molecule has 192 valence electrons. The fourth-order valence-corrected chi connectivity index (χ4v) is 4.17. The standard InChI is InChI=1S/C26H26F2N4O2.2ClH/c27-19-9-7-17(8-10-19)11-13-32-24-6-3-12-30-22(24)16-23(26(32)34)31-25(33)15-20(29)14-18-4-1-2-5-21(18)28;;/h1-10,12,20,23H,11,13-16,29H2,(H,31,33);2*1H/t20-,23?;;/m1../s1. The van der Waals surface area contributed by atoms with E-state index in [1.807, 2.05) is 6.07 Å². The number of nitrogens with one attached hydrogen (secondary N) is 1. The lowest BCUT2D eigenvalue weighted by Gasteiger charge is -2.34. The molecule has 3 aromatic rings. The first kappa shape index (κ1) is 29.2. The molecule has 36 heavy (non-hydrogen) atoms. The highest BCUT2D eigenvalue weighted by Crippen LogP contribution is 2.26. The first-order valence-corrected chi connectivity index (χ1v) is 11.2. The molecule has 3 N–H and O–H groups in total. The van der Waals surface area contributed by atoms with Crippen molar-refractivity contribution in [3.05, 3.63) is 95.3 Å². The number of fused-ring (bicyclic) bond motifs is 1. The molecule has 0 aliphatic carbocycles. The number of hydrogen-bond donors (Lipinski definition) is 2. The van der Waals surface area contributed by atoms with E-state index in [1.165, 1.54) is 18.2 Å². The van der Waals surface area contributed by atoms with Gasteiger partial charge in [-0.05, 0) is 54.3 Å². The Labute approximate surface area is 221 Å². The third-order valence-electron chi connectivity index (χ3n) is 5.88. The van der Waals surface area contributed by atoms with Crippen LogP contribution in [-0.4, -0.2) is 35.4 Å². The lowest BCUT2D eigenvalue weighted by molar-refractivity contribution is -0.128. The molecule has 2 atom stereocenters. The third-order valence-corrected chi connectivity index (χ3v) is 5.88. The molecule has 0 bridgehead atoms. The number of carbonyl (C=O) groups excluding carboxylic acids is 2. The summed E-state index contributed by atoms with van der Waals surface area (Å²) in [5, 5.41) is 2.78. The summed E-state index contributed by atoms with van der Waals surface area (Å²) < 4.78 is 27.1. The Morgan fingerprint density at radius 1 is 1.08 bits per heavy atom. The first-order chi connectivity index (χ1) is 16.4. The zero-order chi connectivity index (χ0) is 24.1. The van der Waals surface area contributed by atoms with E-state index in [0.29, 0.717) is 29.9 Å². The molecular weight excluding hydrogens is 509 g/mol. The van der Waals surface area contributed by atoms with E-state index in [2.05, 4.69) is 10.3 Å². The summed E-state index contributed by atoms with van der Waals surface area (Å²) in [5.74, 6) is -1.29. The lowest BCUT2D eigenvalue weighted by Crippen LogP contribution is -2.54. The van der Waals surface area contributed by atoms with Crippen molar-refractivity contribution in [3.63, 3.8) is 0 Å². The summed E-state index contributed by atoms with van der Waals surface area (Å²) >= 11 is 0. The second-order valence-corrected chi connectivity index (χ2v) is 8.42. The third kappa shape index (κ3) is 7.22. The number of pyridine rings is 1. The summed E-state index contributed by atoms with van der Waals surface area (Å²) in [6.07, 6.45) is 2.62. The molecule has 2 heterocycles. The molecule has 6 nitrogen and oxygen atoms in total. The largest absolute Gasteiger partial charge is 0.344 e. The summed E-state index contributed by atoms with van der Waals surface area (Å²) in [7, 11) is 0. The van der Waals surface area contributed by atoms with Crippen LogP contribution >= 0.6 is 24.8 Å². The number of amides is 2. The van der Waals surface area contributed by atoms with Crippen molar-refractivity contribution >= 4 is 42.3 Å². The van der Waals surface area contributed by atoms with Crippen LogP contribution in [0.2, 0.25) is 0 Å². The molecule has 1 aromatic heterocycles. The van der Waals surface area contributed by atoms with Crippen molar-refractivity contribution in [1.82, 2.24) is 10.3 Å². The van der Waals surface area contributed by atoms with Crippen LogP contribution < -0.4 is 16.0 Å². The number of halogens is 4. The van der Waals surface area contributed by atoms with Gasteiger partial charge in [-0.3, -0.25) is 14.6 Å². The van der Waals surface area contributed by atoms with Crippen LogP contribution in [0.5, 0.6) is 0 Å². The molecule has 1 aliphatic rings. The summed E-state index contributed by atoms with van der Waals surface area (Å²) in [5.41, 5.74) is 8.83. The van der Waals surface area contributed by atoms with Crippen molar-refractivity contribution in [2.45, 2.75) is 37.8 Å². The Kier molecular flexibility index (Phi) is 10.8. The number of rotatable bonds is 8. The molecule has 0 saturated heterocycles. The number of nitrogens with zero attached hydrogens (tertiary/aromatic N) is 2. The summed E-state index contributed by atoms with van der Waals surface area (Å²) in [6, 6.07) is 14.7. The van der Waals surface area contributed by atoms with Gasteiger partial charge in [0, 0.05) is 31.6 Å². The second-order valence-electron chi connectivity index (χ2n) is 8.42. The van der Waals surface area contributed by atoms with Crippen LogP contribution in [0.1, 0.15) is 23.2 Å². The van der Waals surface area contributed by atoms with Crippen LogP contribution in [0.4, 0.5) is 14.5 Å². The van der Waals surface area contributed by atoms with Gasteiger partial charge in [0.1, 0.15) is 17.7 Å². The number of nitrogens with two attached hydrogens (primary N) is 1. The number of aromatic nitrogens is 1. The maximum atomic E-state index is 13.9. The molecule has 10 heteroatoms. The number of carbonyl (C=O) groups is 2. The van der Waals surface area contributed by atoms with E-state index in [-0.39, 0.29) is 67.5 Å². The Balaban J connectivity index is 0.00000228. The number of benzene rings is 2. The van der Waals surface area contributed by atoms with Crippen molar-refractivity contribution in [1.29, 1.82) is 0 Å². The van der Waals surface area contributed by atoms with Crippen molar-refractivity contribution in [2.75, 3.05) is 11.4 Å². The molecule has 0 fully saturated rings. The quantitative estimate of drug-likeness (QED) is 0.458. The van der Waals surface area contributed by atoms with E-state index >= 15 is 0 Å². The van der Waals surface area contributed by atoms with Gasteiger partial charge in [-0.2, -0.15) is 0 Å². The molecule has 0 spiro atoms. The van der Waals surface area contributed by atoms with Gasteiger partial charge < -0.3 is 16.0 Å². The zero-order valence-corrected chi connectivity index (χ0v) is 21.0. The summed E-state index contributed by atoms with van der Waals surface area (Å²) in [6.45, 7) is 0.363. The van der Waals surface area contributed by atoms with Crippen LogP contribution in [0, 0.1) is 11.6 Å². The van der Waals surface area contributed by atoms with Crippen LogP contribution in [0.3, 0.4) is 0 Å². The molecule has 1 unspecified atom stereocenters. The first-order valence-electron chi connectivity index (χ1n) is 11.2. The van der Waals surface area contributed by atoms with Crippen LogP contribution in [0.15, 0.2) is 66.9 Å². The summed E-state index contributed by atoms with van der Waals surface area (Å²) in [4.78, 5) is 31.9. The Bertz CT molecular complexity index is 1180. The van der Waals surface area contributed by atoms with Gasteiger partial charge in [0.15, 0.2) is 0 Å². The minimum atomic E-state index is -0.774. The van der Waals surface area contributed by atoms with Crippen molar-refractivity contribution in [3.8, 4) is 0 Å². The minimum Gasteiger partial charge on any atom is -0.344 e. The topological polar surface area (TPSA) is 88.3 Å². The monoisotopic (exact) mass is 536 g/mol. The Morgan fingerprint density at radius 3 is 2.53 bits per heavy atom. The van der Waals surface area contributed by atoms with Crippen LogP contribution in [-0.2, 0) is 28.9 Å².